The van der Waals surface area contributed by atoms with E-state index in [4.69, 9.17) is 9.47 Å². The van der Waals surface area contributed by atoms with Crippen molar-refractivity contribution in [3.63, 3.8) is 0 Å². The van der Waals surface area contributed by atoms with E-state index in [9.17, 15) is 14.9 Å². The fourth-order valence-corrected chi connectivity index (χ4v) is 3.06. The smallest absolute Gasteiger partial charge is 0.344 e. The summed E-state index contributed by atoms with van der Waals surface area (Å²) < 4.78 is 10.1. The van der Waals surface area contributed by atoms with Crippen molar-refractivity contribution in [2.24, 2.45) is 0 Å². The van der Waals surface area contributed by atoms with Crippen molar-refractivity contribution >= 4 is 28.9 Å². The van der Waals surface area contributed by atoms with Gasteiger partial charge in [-0.2, -0.15) is 5.26 Å². The highest BCUT2D eigenvalue weighted by atomic mass is 16.6. The predicted molar refractivity (Wildman–Crippen MR) is 117 cm³/mol. The van der Waals surface area contributed by atoms with Gasteiger partial charge >= 0.3 is 5.97 Å². The Morgan fingerprint density at radius 1 is 1.16 bits per heavy atom. The number of para-hydroxylation sites is 1. The zero-order chi connectivity index (χ0) is 22.1. The molecule has 2 aromatic carbocycles. The van der Waals surface area contributed by atoms with Crippen LogP contribution in [0.5, 0.6) is 5.75 Å². The molecule has 31 heavy (non-hydrogen) atoms. The van der Waals surface area contributed by atoms with Crippen LogP contribution in [0.4, 0.5) is 0 Å². The summed E-state index contributed by atoms with van der Waals surface area (Å²) >= 11 is 0. The molecule has 3 aromatic rings. The molecule has 0 radical (unpaired) electrons. The molecule has 7 heteroatoms. The van der Waals surface area contributed by atoms with E-state index in [0.717, 1.165) is 16.5 Å². The van der Waals surface area contributed by atoms with E-state index in [1.807, 2.05) is 36.5 Å². The Balaban J connectivity index is 1.54. The molecule has 1 aromatic heterocycles. The monoisotopic (exact) mass is 417 g/mol. The minimum absolute atomic E-state index is 0.0131. The third kappa shape index (κ3) is 5.97. The number of aromatic amines is 1. The highest BCUT2D eigenvalue weighted by molar-refractivity contribution is 6.01. The molecule has 0 saturated heterocycles. The van der Waals surface area contributed by atoms with Crippen LogP contribution in [-0.2, 0) is 20.7 Å². The quantitative estimate of drug-likeness (QED) is 0.316. The lowest BCUT2D eigenvalue weighted by atomic mass is 10.1. The summed E-state index contributed by atoms with van der Waals surface area (Å²) in [6, 6.07) is 16.6. The lowest BCUT2D eigenvalue weighted by molar-refractivity contribution is -0.145. The summed E-state index contributed by atoms with van der Waals surface area (Å²) in [5, 5.41) is 13.3. The van der Waals surface area contributed by atoms with Crippen LogP contribution in [0, 0.1) is 11.3 Å². The van der Waals surface area contributed by atoms with Gasteiger partial charge in [0, 0.05) is 23.6 Å². The van der Waals surface area contributed by atoms with Crippen molar-refractivity contribution in [3.8, 4) is 11.8 Å². The Bertz CT molecular complexity index is 1120. The fourth-order valence-electron chi connectivity index (χ4n) is 3.06. The number of rotatable bonds is 9. The largest absolute Gasteiger partial charge is 0.482 e. The topological polar surface area (TPSA) is 104 Å². The minimum atomic E-state index is -0.442. The molecular weight excluding hydrogens is 394 g/mol. The van der Waals surface area contributed by atoms with Crippen LogP contribution in [0.3, 0.4) is 0 Å². The number of fused-ring (bicyclic) bond motifs is 1. The number of nitriles is 1. The van der Waals surface area contributed by atoms with Crippen LogP contribution in [0.25, 0.3) is 17.0 Å². The Kier molecular flexibility index (Phi) is 7.44. The predicted octanol–water partition coefficient (Wildman–Crippen LogP) is 3.38. The maximum Gasteiger partial charge on any atom is 0.344 e. The number of nitrogens with zero attached hydrogens (tertiary/aromatic N) is 1. The van der Waals surface area contributed by atoms with Crippen LogP contribution >= 0.6 is 0 Å². The first-order valence-electron chi connectivity index (χ1n) is 9.94. The summed E-state index contributed by atoms with van der Waals surface area (Å²) in [7, 11) is 0. The first kappa shape index (κ1) is 21.7. The maximum absolute atomic E-state index is 12.4. The van der Waals surface area contributed by atoms with Crippen LogP contribution in [0.1, 0.15) is 18.1 Å². The van der Waals surface area contributed by atoms with Gasteiger partial charge < -0.3 is 19.8 Å². The molecule has 0 fully saturated rings. The van der Waals surface area contributed by atoms with Crippen molar-refractivity contribution < 1.29 is 19.1 Å². The van der Waals surface area contributed by atoms with Crippen LogP contribution in [0.15, 0.2) is 60.3 Å². The Hall–Kier alpha value is -4.05. The standard InChI is InChI=1S/C24H23N3O4/c1-2-30-23(28)16-31-20-9-7-17(8-10-20)13-19(14-25)24(29)26-12-11-18-15-27-22-6-4-3-5-21(18)22/h3-10,13,15,27H,2,11-12,16H2,1H3,(H,26,29)/b19-13+. The number of hydrogen-bond acceptors (Lipinski definition) is 5. The maximum atomic E-state index is 12.4. The second-order valence-corrected chi connectivity index (χ2v) is 6.70. The van der Waals surface area contributed by atoms with Crippen molar-refractivity contribution in [2.75, 3.05) is 19.8 Å². The average Bonchev–Trinajstić information content (AvgIpc) is 3.20. The van der Waals surface area contributed by atoms with Crippen LogP contribution in [-0.4, -0.2) is 36.6 Å². The van der Waals surface area contributed by atoms with Gasteiger partial charge in [-0.05, 0) is 48.7 Å². The lowest BCUT2D eigenvalue weighted by Crippen LogP contribution is -2.26. The molecule has 0 aliphatic rings. The molecule has 0 saturated carbocycles. The van der Waals surface area contributed by atoms with Gasteiger partial charge in [0.25, 0.3) is 5.91 Å². The molecule has 3 rings (SSSR count). The second-order valence-electron chi connectivity index (χ2n) is 6.70. The van der Waals surface area contributed by atoms with Gasteiger partial charge in [0.05, 0.1) is 6.61 Å². The van der Waals surface area contributed by atoms with E-state index >= 15 is 0 Å². The number of carbonyl (C=O) groups is 2. The Morgan fingerprint density at radius 3 is 2.68 bits per heavy atom. The highest BCUT2D eigenvalue weighted by Gasteiger charge is 2.10. The number of hydrogen-bond donors (Lipinski definition) is 2. The van der Waals surface area contributed by atoms with Crippen molar-refractivity contribution in [1.82, 2.24) is 10.3 Å². The number of carbonyl (C=O) groups excluding carboxylic acids is 2. The molecule has 0 atom stereocenters. The molecule has 1 heterocycles. The third-order valence-corrected chi connectivity index (χ3v) is 4.57. The van der Waals surface area contributed by atoms with Crippen molar-refractivity contribution in [1.29, 1.82) is 5.26 Å². The van der Waals surface area contributed by atoms with E-state index in [2.05, 4.69) is 10.3 Å². The highest BCUT2D eigenvalue weighted by Crippen LogP contribution is 2.18. The molecule has 0 bridgehead atoms. The Morgan fingerprint density at radius 2 is 1.94 bits per heavy atom. The number of ether oxygens (including phenoxy) is 2. The molecule has 0 aliphatic carbocycles. The normalized spacial score (nSPS) is 11.0. The lowest BCUT2D eigenvalue weighted by Gasteiger charge is -2.06. The van der Waals surface area contributed by atoms with Gasteiger partial charge in [-0.15, -0.1) is 0 Å². The molecular formula is C24H23N3O4. The summed E-state index contributed by atoms with van der Waals surface area (Å²) in [6.45, 7) is 2.27. The molecule has 7 nitrogen and oxygen atoms in total. The number of aromatic nitrogens is 1. The van der Waals surface area contributed by atoms with Crippen molar-refractivity contribution in [3.05, 3.63) is 71.4 Å². The molecule has 1 amide bonds. The van der Waals surface area contributed by atoms with E-state index in [1.165, 1.54) is 6.08 Å². The zero-order valence-electron chi connectivity index (χ0n) is 17.2. The second kappa shape index (κ2) is 10.6. The first-order chi connectivity index (χ1) is 15.1. The SMILES string of the molecule is CCOC(=O)COc1ccc(/C=C(\C#N)C(=O)NCCc2c[nH]c3ccccc23)cc1. The molecule has 158 valence electrons. The first-order valence-corrected chi connectivity index (χ1v) is 9.94. The zero-order valence-corrected chi connectivity index (χ0v) is 17.2. The average molecular weight is 417 g/mol. The Labute approximate surface area is 180 Å². The van der Waals surface area contributed by atoms with E-state index in [-0.39, 0.29) is 12.2 Å². The van der Waals surface area contributed by atoms with E-state index in [1.54, 1.807) is 31.2 Å². The van der Waals surface area contributed by atoms with Gasteiger partial charge in [0.15, 0.2) is 6.61 Å². The third-order valence-electron chi connectivity index (χ3n) is 4.57. The van der Waals surface area contributed by atoms with Crippen molar-refractivity contribution in [2.45, 2.75) is 13.3 Å². The van der Waals surface area contributed by atoms with Crippen LogP contribution < -0.4 is 10.1 Å². The number of H-pyrrole nitrogens is 1. The van der Waals surface area contributed by atoms with Gasteiger partial charge in [0.2, 0.25) is 0 Å². The number of amides is 1. The number of nitrogens with one attached hydrogen (secondary N) is 2. The minimum Gasteiger partial charge on any atom is -0.482 e. The van der Waals surface area contributed by atoms with Crippen LogP contribution in [0.2, 0.25) is 0 Å². The molecule has 2 N–H and O–H groups in total. The van der Waals surface area contributed by atoms with Gasteiger partial charge in [-0.25, -0.2) is 4.79 Å². The van der Waals surface area contributed by atoms with Gasteiger partial charge in [0.1, 0.15) is 17.4 Å². The molecule has 0 aliphatic heterocycles. The van der Waals surface area contributed by atoms with Gasteiger partial charge in [-0.3, -0.25) is 4.79 Å². The van der Waals surface area contributed by atoms with E-state index < -0.39 is 11.9 Å². The van der Waals surface area contributed by atoms with E-state index in [0.29, 0.717) is 30.9 Å². The molecule has 0 unspecified atom stereocenters. The number of esters is 1. The van der Waals surface area contributed by atoms with Gasteiger partial charge in [-0.1, -0.05) is 30.3 Å². The molecule has 0 spiro atoms. The summed E-state index contributed by atoms with van der Waals surface area (Å²) in [4.78, 5) is 26.9. The fraction of sp³-hybridized carbons (Fsp3) is 0.208. The summed E-state index contributed by atoms with van der Waals surface area (Å²) in [5.41, 5.74) is 2.85. The number of benzene rings is 2. The summed E-state index contributed by atoms with van der Waals surface area (Å²) in [5.74, 6) is -0.376. The summed E-state index contributed by atoms with van der Waals surface area (Å²) in [6.07, 6.45) is 4.10.